The minimum absolute atomic E-state index is 0.334. The van der Waals surface area contributed by atoms with Crippen molar-refractivity contribution < 1.29 is 9.53 Å². The molecule has 0 saturated carbocycles. The van der Waals surface area contributed by atoms with Crippen molar-refractivity contribution in [2.75, 3.05) is 36.5 Å². The maximum atomic E-state index is 11.4. The molecule has 2 rings (SSSR count). The number of rotatable bonds is 4. The molecule has 1 atom stereocenters. The maximum absolute atomic E-state index is 11.4. The van der Waals surface area contributed by atoms with Crippen LogP contribution in [0, 0.1) is 0 Å². The summed E-state index contributed by atoms with van der Waals surface area (Å²) >= 11 is 0. The Labute approximate surface area is 106 Å². The molecule has 0 aliphatic carbocycles. The van der Waals surface area contributed by atoms with Gasteiger partial charge in [-0.25, -0.2) is 0 Å². The van der Waals surface area contributed by atoms with E-state index in [1.807, 2.05) is 17.9 Å². The van der Waals surface area contributed by atoms with Gasteiger partial charge in [0.15, 0.2) is 0 Å². The fourth-order valence-corrected chi connectivity index (χ4v) is 2.03. The lowest BCUT2D eigenvalue weighted by atomic mass is 10.2. The number of morpholine rings is 1. The Bertz CT molecular complexity index is 424. The molecule has 1 aliphatic heterocycles. The highest BCUT2D eigenvalue weighted by Gasteiger charge is 2.28. The number of anilines is 2. The van der Waals surface area contributed by atoms with Crippen LogP contribution in [0.3, 0.4) is 0 Å². The van der Waals surface area contributed by atoms with Crippen molar-refractivity contribution in [3.63, 3.8) is 0 Å². The van der Waals surface area contributed by atoms with Crippen LogP contribution in [0.5, 0.6) is 0 Å². The Kier molecular flexibility index (Phi) is 3.99. The summed E-state index contributed by atoms with van der Waals surface area (Å²) in [6, 6.07) is 1.55. The Morgan fingerprint density at radius 3 is 3.22 bits per heavy atom. The largest absolute Gasteiger partial charge is 0.384 e. The Morgan fingerprint density at radius 1 is 1.67 bits per heavy atom. The zero-order valence-electron chi connectivity index (χ0n) is 10.4. The average molecular weight is 250 g/mol. The van der Waals surface area contributed by atoms with Gasteiger partial charge < -0.3 is 20.7 Å². The summed E-state index contributed by atoms with van der Waals surface area (Å²) in [5.74, 6) is -0.372. The first-order chi connectivity index (χ1) is 8.72. The van der Waals surface area contributed by atoms with Crippen molar-refractivity contribution in [3.05, 3.63) is 18.5 Å². The van der Waals surface area contributed by atoms with Crippen LogP contribution >= 0.6 is 0 Å². The second kappa shape index (κ2) is 5.68. The van der Waals surface area contributed by atoms with Gasteiger partial charge in [0.25, 0.3) is 0 Å². The van der Waals surface area contributed by atoms with Crippen LogP contribution in [-0.4, -0.2) is 43.2 Å². The van der Waals surface area contributed by atoms with Crippen molar-refractivity contribution in [1.82, 2.24) is 4.98 Å². The van der Waals surface area contributed by atoms with Gasteiger partial charge in [-0.15, -0.1) is 0 Å². The summed E-state index contributed by atoms with van der Waals surface area (Å²) in [5.41, 5.74) is 7.22. The van der Waals surface area contributed by atoms with Crippen LogP contribution in [-0.2, 0) is 9.53 Å². The van der Waals surface area contributed by atoms with Crippen LogP contribution in [0.1, 0.15) is 6.92 Å². The zero-order valence-corrected chi connectivity index (χ0v) is 10.4. The molecule has 0 spiro atoms. The van der Waals surface area contributed by atoms with Crippen LogP contribution in [0.15, 0.2) is 18.5 Å². The van der Waals surface area contributed by atoms with Crippen LogP contribution in [0.25, 0.3) is 0 Å². The van der Waals surface area contributed by atoms with Gasteiger partial charge in [-0.3, -0.25) is 9.78 Å². The number of primary amides is 1. The molecule has 6 nitrogen and oxygen atoms in total. The number of pyridine rings is 1. The van der Waals surface area contributed by atoms with E-state index in [4.69, 9.17) is 10.5 Å². The van der Waals surface area contributed by atoms with Gasteiger partial charge in [-0.1, -0.05) is 0 Å². The van der Waals surface area contributed by atoms with Gasteiger partial charge in [0.1, 0.15) is 6.04 Å². The van der Waals surface area contributed by atoms with E-state index in [0.717, 1.165) is 17.9 Å². The summed E-state index contributed by atoms with van der Waals surface area (Å²) in [6.07, 6.45) is 3.49. The topological polar surface area (TPSA) is 80.5 Å². The molecule has 3 N–H and O–H groups in total. The van der Waals surface area contributed by atoms with Gasteiger partial charge in [0.2, 0.25) is 5.91 Å². The Balaban J connectivity index is 2.22. The molecular weight excluding hydrogens is 232 g/mol. The van der Waals surface area contributed by atoms with Crippen LogP contribution in [0.2, 0.25) is 0 Å². The number of hydrogen-bond donors (Lipinski definition) is 2. The van der Waals surface area contributed by atoms with Crippen LogP contribution in [0.4, 0.5) is 11.4 Å². The SMILES string of the molecule is CCNc1cncc(N2CCOCC2C(N)=O)c1. The third-order valence-corrected chi connectivity index (χ3v) is 2.89. The fourth-order valence-electron chi connectivity index (χ4n) is 2.03. The molecule has 6 heteroatoms. The van der Waals surface area contributed by atoms with Crippen molar-refractivity contribution >= 4 is 17.3 Å². The van der Waals surface area contributed by atoms with Gasteiger partial charge in [0, 0.05) is 13.1 Å². The third-order valence-electron chi connectivity index (χ3n) is 2.89. The zero-order chi connectivity index (χ0) is 13.0. The number of nitrogens with two attached hydrogens (primary N) is 1. The van der Waals surface area contributed by atoms with Gasteiger partial charge in [-0.05, 0) is 13.0 Å². The number of nitrogens with zero attached hydrogens (tertiary/aromatic N) is 2. The quantitative estimate of drug-likeness (QED) is 0.798. The summed E-state index contributed by atoms with van der Waals surface area (Å²) < 4.78 is 5.29. The summed E-state index contributed by atoms with van der Waals surface area (Å²) in [7, 11) is 0. The molecule has 1 fully saturated rings. The molecular formula is C12H18N4O2. The number of amides is 1. The van der Waals surface area contributed by atoms with Gasteiger partial charge in [0.05, 0.1) is 37.0 Å². The van der Waals surface area contributed by atoms with Gasteiger partial charge in [-0.2, -0.15) is 0 Å². The van der Waals surface area contributed by atoms with E-state index >= 15 is 0 Å². The highest BCUT2D eigenvalue weighted by Crippen LogP contribution is 2.21. The lowest BCUT2D eigenvalue weighted by molar-refractivity contribution is -0.121. The molecule has 1 unspecified atom stereocenters. The maximum Gasteiger partial charge on any atom is 0.242 e. The lowest BCUT2D eigenvalue weighted by Gasteiger charge is -2.35. The first-order valence-corrected chi connectivity index (χ1v) is 6.05. The second-order valence-corrected chi connectivity index (χ2v) is 4.15. The molecule has 18 heavy (non-hydrogen) atoms. The molecule has 0 bridgehead atoms. The molecule has 1 aromatic rings. The number of aromatic nitrogens is 1. The molecule has 1 aliphatic rings. The van der Waals surface area contributed by atoms with E-state index in [0.29, 0.717) is 19.8 Å². The van der Waals surface area contributed by atoms with E-state index in [-0.39, 0.29) is 5.91 Å². The molecule has 1 amide bonds. The number of carbonyl (C=O) groups excluding carboxylic acids is 1. The highest BCUT2D eigenvalue weighted by atomic mass is 16.5. The van der Waals surface area contributed by atoms with Gasteiger partial charge >= 0.3 is 0 Å². The fraction of sp³-hybridized carbons (Fsp3) is 0.500. The Morgan fingerprint density at radius 2 is 2.50 bits per heavy atom. The Hall–Kier alpha value is -1.82. The third kappa shape index (κ3) is 2.70. The number of ether oxygens (including phenoxy) is 1. The van der Waals surface area contributed by atoms with Crippen molar-refractivity contribution in [2.45, 2.75) is 13.0 Å². The van der Waals surface area contributed by atoms with E-state index in [9.17, 15) is 4.79 Å². The van der Waals surface area contributed by atoms with E-state index < -0.39 is 6.04 Å². The molecule has 98 valence electrons. The van der Waals surface area contributed by atoms with Crippen molar-refractivity contribution in [3.8, 4) is 0 Å². The average Bonchev–Trinajstić information content (AvgIpc) is 2.39. The minimum Gasteiger partial charge on any atom is -0.384 e. The smallest absolute Gasteiger partial charge is 0.242 e. The molecule has 0 aromatic carbocycles. The van der Waals surface area contributed by atoms with E-state index in [1.54, 1.807) is 12.4 Å². The molecule has 2 heterocycles. The summed E-state index contributed by atoms with van der Waals surface area (Å²) in [4.78, 5) is 17.5. The minimum atomic E-state index is -0.419. The van der Waals surface area contributed by atoms with Crippen molar-refractivity contribution in [1.29, 1.82) is 0 Å². The monoisotopic (exact) mass is 250 g/mol. The summed E-state index contributed by atoms with van der Waals surface area (Å²) in [6.45, 7) is 4.42. The number of nitrogens with one attached hydrogen (secondary N) is 1. The first kappa shape index (κ1) is 12.6. The normalized spacial score (nSPS) is 19.6. The van der Waals surface area contributed by atoms with E-state index in [1.165, 1.54) is 0 Å². The molecule has 1 saturated heterocycles. The molecule has 1 aromatic heterocycles. The number of hydrogen-bond acceptors (Lipinski definition) is 5. The second-order valence-electron chi connectivity index (χ2n) is 4.15. The number of carbonyl (C=O) groups is 1. The predicted octanol–water partition coefficient (Wildman–Crippen LogP) is 0.204. The predicted molar refractivity (Wildman–Crippen MR) is 69.5 cm³/mol. The highest BCUT2D eigenvalue weighted by molar-refractivity contribution is 5.84. The summed E-state index contributed by atoms with van der Waals surface area (Å²) in [5, 5.41) is 3.19. The first-order valence-electron chi connectivity index (χ1n) is 6.05. The van der Waals surface area contributed by atoms with E-state index in [2.05, 4.69) is 10.3 Å². The van der Waals surface area contributed by atoms with Crippen LogP contribution < -0.4 is 16.0 Å². The lowest BCUT2D eigenvalue weighted by Crippen LogP contribution is -2.52. The molecule has 0 radical (unpaired) electrons. The standard InChI is InChI=1S/C12H18N4O2/c1-2-15-9-5-10(7-14-6-9)16-3-4-18-8-11(16)12(13)17/h5-7,11,15H,2-4,8H2,1H3,(H2,13,17). The van der Waals surface area contributed by atoms with Crippen molar-refractivity contribution in [2.24, 2.45) is 5.73 Å².